The fourth-order valence-corrected chi connectivity index (χ4v) is 5.83. The molecule has 5 atom stereocenters. The molecule has 142 valence electrons. The minimum atomic E-state index is -0.337. The van der Waals surface area contributed by atoms with Crippen molar-refractivity contribution in [3.8, 4) is 5.75 Å². The summed E-state index contributed by atoms with van der Waals surface area (Å²) < 4.78 is 0. The summed E-state index contributed by atoms with van der Waals surface area (Å²) in [6.45, 7) is 2.16. The number of aliphatic hydroxyl groups is 1. The van der Waals surface area contributed by atoms with Crippen molar-refractivity contribution in [2.45, 2.75) is 55.6 Å². The summed E-state index contributed by atoms with van der Waals surface area (Å²) in [5, 5.41) is 21.3. The predicted octanol–water partition coefficient (Wildman–Crippen LogP) is 4.05. The number of piperidine rings is 1. The van der Waals surface area contributed by atoms with E-state index in [1.54, 1.807) is 6.07 Å². The monoisotopic (exact) mass is 363 g/mol. The van der Waals surface area contributed by atoms with Crippen molar-refractivity contribution >= 4 is 0 Å². The number of nitrogens with zero attached hydrogens (tertiary/aromatic N) is 1. The molecule has 5 rings (SSSR count). The lowest BCUT2D eigenvalue weighted by Gasteiger charge is -2.54. The molecule has 0 unspecified atom stereocenters. The molecular weight excluding hydrogens is 334 g/mol. The van der Waals surface area contributed by atoms with Crippen LogP contribution in [0.25, 0.3) is 0 Å². The molecule has 0 aromatic heterocycles. The van der Waals surface area contributed by atoms with Crippen LogP contribution in [0.3, 0.4) is 0 Å². The molecule has 0 amide bonds. The van der Waals surface area contributed by atoms with Gasteiger partial charge in [0.15, 0.2) is 0 Å². The van der Waals surface area contributed by atoms with E-state index >= 15 is 0 Å². The quantitative estimate of drug-likeness (QED) is 0.861. The van der Waals surface area contributed by atoms with Crippen LogP contribution in [-0.4, -0.2) is 40.3 Å². The molecule has 1 heterocycles. The number of benzene rings is 2. The second-order valence-corrected chi connectivity index (χ2v) is 8.87. The zero-order valence-electron chi connectivity index (χ0n) is 15.8. The number of phenols is 1. The third-order valence-electron chi connectivity index (χ3n) is 7.41. The number of rotatable bonds is 4. The normalized spacial score (nSPS) is 35.7. The second-order valence-electron chi connectivity index (χ2n) is 8.87. The summed E-state index contributed by atoms with van der Waals surface area (Å²) in [5.41, 5.74) is 2.41. The van der Waals surface area contributed by atoms with Gasteiger partial charge in [-0.25, -0.2) is 0 Å². The van der Waals surface area contributed by atoms with Crippen molar-refractivity contribution in [1.29, 1.82) is 0 Å². The molecule has 2 aromatic carbocycles. The topological polar surface area (TPSA) is 43.7 Å². The highest BCUT2D eigenvalue weighted by Gasteiger charge is 2.52. The molecule has 2 N–H and O–H groups in total. The highest BCUT2D eigenvalue weighted by Crippen LogP contribution is 2.51. The highest BCUT2D eigenvalue weighted by atomic mass is 16.3. The van der Waals surface area contributed by atoms with Crippen LogP contribution in [0.2, 0.25) is 0 Å². The molecule has 3 heteroatoms. The second kappa shape index (κ2) is 6.65. The minimum Gasteiger partial charge on any atom is -0.508 e. The van der Waals surface area contributed by atoms with Crippen molar-refractivity contribution in [2.75, 3.05) is 13.1 Å². The van der Waals surface area contributed by atoms with Crippen LogP contribution < -0.4 is 0 Å². The van der Waals surface area contributed by atoms with Crippen molar-refractivity contribution in [2.24, 2.45) is 5.92 Å². The van der Waals surface area contributed by atoms with E-state index in [1.165, 1.54) is 12.0 Å². The van der Waals surface area contributed by atoms with E-state index in [2.05, 4.69) is 41.3 Å². The maximum absolute atomic E-state index is 11.3. The standard InChI is InChI=1S/C24H29NO2/c26-20-9-4-8-19(15-20)24-11-5-10-22(23(24)27)25(13-12-24)16-18-14-21(18)17-6-2-1-3-7-17/h1-4,6-9,15,18,21-23,26-27H,5,10-14,16H2/t18-,21-,22+,23-,24-/m0/s1. The summed E-state index contributed by atoms with van der Waals surface area (Å²) >= 11 is 0. The third-order valence-corrected chi connectivity index (χ3v) is 7.41. The Hall–Kier alpha value is -1.84. The lowest BCUT2D eigenvalue weighted by molar-refractivity contribution is -0.0779. The Labute approximate surface area is 161 Å². The molecule has 1 saturated heterocycles. The fourth-order valence-electron chi connectivity index (χ4n) is 5.83. The van der Waals surface area contributed by atoms with Gasteiger partial charge in [0.2, 0.25) is 0 Å². The van der Waals surface area contributed by atoms with Gasteiger partial charge in [-0.1, -0.05) is 48.9 Å². The average molecular weight is 364 g/mol. The van der Waals surface area contributed by atoms with Crippen LogP contribution in [-0.2, 0) is 5.41 Å². The van der Waals surface area contributed by atoms with Gasteiger partial charge >= 0.3 is 0 Å². The predicted molar refractivity (Wildman–Crippen MR) is 107 cm³/mol. The summed E-state index contributed by atoms with van der Waals surface area (Å²) in [4.78, 5) is 2.57. The van der Waals surface area contributed by atoms with E-state index in [9.17, 15) is 10.2 Å². The molecule has 2 aromatic rings. The molecular formula is C24H29NO2. The number of fused-ring (bicyclic) bond motifs is 2. The van der Waals surface area contributed by atoms with Gasteiger partial charge < -0.3 is 10.2 Å². The maximum atomic E-state index is 11.3. The van der Waals surface area contributed by atoms with Gasteiger partial charge in [-0.15, -0.1) is 0 Å². The Bertz CT molecular complexity index is 807. The van der Waals surface area contributed by atoms with Gasteiger partial charge in [0, 0.05) is 18.0 Å². The lowest BCUT2D eigenvalue weighted by Crippen LogP contribution is -2.62. The maximum Gasteiger partial charge on any atom is 0.115 e. The molecule has 3 fully saturated rings. The summed E-state index contributed by atoms with van der Waals surface area (Å²) in [6.07, 6.45) is 5.19. The van der Waals surface area contributed by atoms with E-state index in [0.717, 1.165) is 50.3 Å². The van der Waals surface area contributed by atoms with Crippen LogP contribution >= 0.6 is 0 Å². The molecule has 3 nitrogen and oxygen atoms in total. The first-order chi connectivity index (χ1) is 13.2. The smallest absolute Gasteiger partial charge is 0.115 e. The Kier molecular flexibility index (Phi) is 4.25. The van der Waals surface area contributed by atoms with Gasteiger partial charge in [0.1, 0.15) is 5.75 Å². The molecule has 2 aliphatic carbocycles. The Morgan fingerprint density at radius 2 is 1.89 bits per heavy atom. The third kappa shape index (κ3) is 2.97. The summed E-state index contributed by atoms with van der Waals surface area (Å²) in [5.74, 6) is 1.74. The Morgan fingerprint density at radius 3 is 2.70 bits per heavy atom. The number of likely N-dealkylation sites (tertiary alicyclic amines) is 1. The van der Waals surface area contributed by atoms with Crippen molar-refractivity contribution in [3.63, 3.8) is 0 Å². The van der Waals surface area contributed by atoms with E-state index in [4.69, 9.17) is 0 Å². The van der Waals surface area contributed by atoms with E-state index < -0.39 is 0 Å². The zero-order valence-corrected chi connectivity index (χ0v) is 15.8. The fraction of sp³-hybridized carbons (Fsp3) is 0.500. The van der Waals surface area contributed by atoms with E-state index in [-0.39, 0.29) is 17.6 Å². The Balaban J connectivity index is 1.32. The van der Waals surface area contributed by atoms with Gasteiger partial charge in [-0.3, -0.25) is 4.90 Å². The van der Waals surface area contributed by atoms with Crippen LogP contribution in [0.15, 0.2) is 54.6 Å². The van der Waals surface area contributed by atoms with Crippen molar-refractivity contribution < 1.29 is 10.2 Å². The molecule has 2 saturated carbocycles. The zero-order chi connectivity index (χ0) is 18.4. The van der Waals surface area contributed by atoms with Crippen LogP contribution in [0, 0.1) is 5.92 Å². The van der Waals surface area contributed by atoms with Gasteiger partial charge in [-0.05, 0) is 67.3 Å². The van der Waals surface area contributed by atoms with E-state index in [1.807, 2.05) is 12.1 Å². The summed E-state index contributed by atoms with van der Waals surface area (Å²) in [7, 11) is 0. The van der Waals surface area contributed by atoms with Crippen LogP contribution in [0.5, 0.6) is 5.75 Å². The van der Waals surface area contributed by atoms with Gasteiger partial charge in [-0.2, -0.15) is 0 Å². The lowest BCUT2D eigenvalue weighted by atomic mass is 9.61. The van der Waals surface area contributed by atoms with Crippen molar-refractivity contribution in [1.82, 2.24) is 4.90 Å². The molecule has 2 bridgehead atoms. The van der Waals surface area contributed by atoms with Crippen LogP contribution in [0.4, 0.5) is 0 Å². The highest BCUT2D eigenvalue weighted by molar-refractivity contribution is 5.36. The number of hydrogen-bond acceptors (Lipinski definition) is 3. The average Bonchev–Trinajstić information content (AvgIpc) is 3.44. The van der Waals surface area contributed by atoms with Crippen molar-refractivity contribution in [3.05, 3.63) is 65.7 Å². The number of aliphatic hydroxyl groups excluding tert-OH is 1. The first-order valence-electron chi connectivity index (χ1n) is 10.4. The van der Waals surface area contributed by atoms with Crippen LogP contribution in [0.1, 0.15) is 49.1 Å². The van der Waals surface area contributed by atoms with Gasteiger partial charge in [0.05, 0.1) is 6.10 Å². The largest absolute Gasteiger partial charge is 0.508 e. The molecule has 0 radical (unpaired) electrons. The van der Waals surface area contributed by atoms with Gasteiger partial charge in [0.25, 0.3) is 0 Å². The minimum absolute atomic E-state index is 0.180. The molecule has 0 spiro atoms. The molecule has 1 aliphatic heterocycles. The Morgan fingerprint density at radius 1 is 1.04 bits per heavy atom. The SMILES string of the molecule is Oc1cccc([C@@]23CCC[C@H]([C@@H]2O)N(C[C@@H]2C[C@H]2c2ccccc2)CC3)c1. The van der Waals surface area contributed by atoms with E-state index in [0.29, 0.717) is 11.7 Å². The first-order valence-corrected chi connectivity index (χ1v) is 10.4. The first kappa shape index (κ1) is 17.3. The number of hydrogen-bond donors (Lipinski definition) is 2. The summed E-state index contributed by atoms with van der Waals surface area (Å²) in [6, 6.07) is 18.7. The number of phenolic OH excluding ortho intramolecular Hbond substituents is 1. The number of aromatic hydroxyl groups is 1. The molecule has 3 aliphatic rings. The molecule has 27 heavy (non-hydrogen) atoms.